The molecule has 0 radical (unpaired) electrons. The van der Waals surface area contributed by atoms with Crippen LogP contribution in [-0.4, -0.2) is 32.7 Å². The largest absolute Gasteiger partial charge is 0.482 e. The minimum atomic E-state index is -0.638. The molecule has 0 aliphatic heterocycles. The van der Waals surface area contributed by atoms with Gasteiger partial charge in [-0.2, -0.15) is 5.10 Å². The maximum Gasteiger partial charge on any atom is 0.192 e. The van der Waals surface area contributed by atoms with Crippen molar-refractivity contribution in [2.24, 2.45) is 5.92 Å². The normalized spacial score (nSPS) is 14.5. The number of hydrogen-bond acceptors (Lipinski definition) is 7. The van der Waals surface area contributed by atoms with Gasteiger partial charge in [-0.25, -0.2) is 14.9 Å². The van der Waals surface area contributed by atoms with Gasteiger partial charge < -0.3 is 10.1 Å². The van der Waals surface area contributed by atoms with Crippen LogP contribution >= 0.6 is 15.9 Å². The fourth-order valence-electron chi connectivity index (χ4n) is 3.89. The predicted molar refractivity (Wildman–Crippen MR) is 135 cm³/mol. The first-order valence-electron chi connectivity index (χ1n) is 11.4. The van der Waals surface area contributed by atoms with Crippen LogP contribution in [0.3, 0.4) is 0 Å². The van der Waals surface area contributed by atoms with Gasteiger partial charge in [0, 0.05) is 54.2 Å². The third kappa shape index (κ3) is 6.26. The summed E-state index contributed by atoms with van der Waals surface area (Å²) in [4.78, 5) is 4.07. The monoisotopic (exact) mass is 542 g/mol. The van der Waals surface area contributed by atoms with E-state index in [1.807, 2.05) is 22.6 Å². The van der Waals surface area contributed by atoms with Gasteiger partial charge in [-0.15, -0.1) is 0 Å². The van der Waals surface area contributed by atoms with E-state index in [1.54, 1.807) is 32.3 Å². The number of halogens is 2. The van der Waals surface area contributed by atoms with Gasteiger partial charge in [0.2, 0.25) is 0 Å². The lowest BCUT2D eigenvalue weighted by Crippen LogP contribution is -2.16. The molecule has 2 heterocycles. The highest BCUT2D eigenvalue weighted by atomic mass is 79.9. The summed E-state index contributed by atoms with van der Waals surface area (Å²) in [5.41, 5.74) is 5.06. The number of anilines is 1. The van der Waals surface area contributed by atoms with Crippen molar-refractivity contribution < 1.29 is 14.3 Å². The molecule has 10 heteroatoms. The Balaban J connectivity index is 1.59. The van der Waals surface area contributed by atoms with Gasteiger partial charge in [-0.1, -0.05) is 0 Å². The Hall–Kier alpha value is -3.24. The van der Waals surface area contributed by atoms with Crippen LogP contribution in [0.25, 0.3) is 0 Å². The molecule has 1 aliphatic rings. The summed E-state index contributed by atoms with van der Waals surface area (Å²) in [5.74, 6) is 0.705. The Kier molecular flexibility index (Phi) is 7.82. The lowest BCUT2D eigenvalue weighted by molar-refractivity contribution is 0.224. The van der Waals surface area contributed by atoms with Crippen LogP contribution in [0.5, 0.6) is 5.75 Å². The Morgan fingerprint density at radius 3 is 2.89 bits per heavy atom. The van der Waals surface area contributed by atoms with Crippen LogP contribution in [-0.2, 0) is 13.0 Å². The first-order valence-corrected chi connectivity index (χ1v) is 12.2. The van der Waals surface area contributed by atoms with Crippen LogP contribution in [0.4, 0.5) is 10.2 Å². The third-order valence-corrected chi connectivity index (χ3v) is 6.25. The number of rotatable bonds is 11. The van der Waals surface area contributed by atoms with Crippen molar-refractivity contribution >= 4 is 27.5 Å². The summed E-state index contributed by atoms with van der Waals surface area (Å²) < 4.78 is 22.9. The molecule has 0 saturated heterocycles. The summed E-state index contributed by atoms with van der Waals surface area (Å²) in [6, 6.07) is 5.96. The molecule has 1 fully saturated rings. The molecule has 1 saturated carbocycles. The topological polar surface area (TPSA) is 108 Å². The highest BCUT2D eigenvalue weighted by Gasteiger charge is 2.23. The third-order valence-electron chi connectivity index (χ3n) is 5.81. The Morgan fingerprint density at radius 1 is 1.37 bits per heavy atom. The zero-order valence-corrected chi connectivity index (χ0v) is 21.1. The van der Waals surface area contributed by atoms with E-state index in [2.05, 4.69) is 31.3 Å². The summed E-state index contributed by atoms with van der Waals surface area (Å²) in [6.07, 6.45) is 9.53. The second-order valence-electron chi connectivity index (χ2n) is 8.63. The van der Waals surface area contributed by atoms with E-state index in [1.165, 1.54) is 31.2 Å². The van der Waals surface area contributed by atoms with E-state index in [0.717, 1.165) is 23.6 Å². The average molecular weight is 543 g/mol. The van der Waals surface area contributed by atoms with Gasteiger partial charge >= 0.3 is 0 Å². The average Bonchev–Trinajstić information content (AvgIpc) is 3.54. The quantitative estimate of drug-likeness (QED) is 0.195. The van der Waals surface area contributed by atoms with Crippen LogP contribution in [0.15, 0.2) is 59.1 Å². The number of ether oxygens (including phenoxy) is 1. The van der Waals surface area contributed by atoms with E-state index in [4.69, 9.17) is 10.1 Å². The van der Waals surface area contributed by atoms with Crippen LogP contribution in [0.1, 0.15) is 42.6 Å². The molecular formula is C25H28BrFN6O2. The minimum Gasteiger partial charge on any atom is -0.482 e. The smallest absolute Gasteiger partial charge is 0.192 e. The molecule has 35 heavy (non-hydrogen) atoms. The number of allylic oxidation sites excluding steroid dienone is 1. The SMILES string of the molecule is CN/C=C(/Cc1cnn(CC2CC2)c1)C(=N)c1ccc(F)cc1[C@@H](C)Oc1cc(Br)cnc1NO. The lowest BCUT2D eigenvalue weighted by atomic mass is 9.92. The number of benzene rings is 1. The molecule has 0 bridgehead atoms. The van der Waals surface area contributed by atoms with Crippen LogP contribution in [0.2, 0.25) is 0 Å². The maximum absolute atomic E-state index is 14.3. The van der Waals surface area contributed by atoms with E-state index >= 15 is 0 Å². The second-order valence-corrected chi connectivity index (χ2v) is 9.54. The van der Waals surface area contributed by atoms with Gasteiger partial charge in [0.05, 0.1) is 11.9 Å². The number of pyridine rings is 1. The molecule has 0 spiro atoms. The second kappa shape index (κ2) is 11.0. The van der Waals surface area contributed by atoms with Crippen molar-refractivity contribution in [3.05, 3.63) is 81.6 Å². The van der Waals surface area contributed by atoms with Gasteiger partial charge in [-0.3, -0.25) is 15.3 Å². The highest BCUT2D eigenvalue weighted by Crippen LogP contribution is 2.33. The maximum atomic E-state index is 14.3. The molecule has 184 valence electrons. The van der Waals surface area contributed by atoms with Crippen molar-refractivity contribution in [3.8, 4) is 5.75 Å². The molecule has 0 amide bonds. The Bertz CT molecular complexity index is 1240. The number of aromatic nitrogens is 3. The predicted octanol–water partition coefficient (Wildman–Crippen LogP) is 5.24. The molecule has 2 aromatic heterocycles. The molecule has 8 nitrogen and oxygen atoms in total. The fourth-order valence-corrected chi connectivity index (χ4v) is 4.20. The summed E-state index contributed by atoms with van der Waals surface area (Å²) >= 11 is 3.34. The zero-order valence-electron chi connectivity index (χ0n) is 19.6. The van der Waals surface area contributed by atoms with Gasteiger partial charge in [0.1, 0.15) is 11.9 Å². The molecule has 4 rings (SSSR count). The number of nitrogens with one attached hydrogen (secondary N) is 3. The van der Waals surface area contributed by atoms with Gasteiger partial charge in [0.25, 0.3) is 0 Å². The van der Waals surface area contributed by atoms with E-state index in [-0.39, 0.29) is 17.3 Å². The molecule has 1 aromatic carbocycles. The van der Waals surface area contributed by atoms with Crippen molar-refractivity contribution in [3.63, 3.8) is 0 Å². The molecule has 0 unspecified atom stereocenters. The minimum absolute atomic E-state index is 0.132. The van der Waals surface area contributed by atoms with E-state index in [9.17, 15) is 9.60 Å². The van der Waals surface area contributed by atoms with E-state index in [0.29, 0.717) is 22.0 Å². The first kappa shape index (κ1) is 24.9. The van der Waals surface area contributed by atoms with Gasteiger partial charge in [0.15, 0.2) is 11.6 Å². The Labute approximate surface area is 211 Å². The van der Waals surface area contributed by atoms with Crippen molar-refractivity contribution in [2.75, 3.05) is 12.5 Å². The van der Waals surface area contributed by atoms with E-state index < -0.39 is 11.9 Å². The lowest BCUT2D eigenvalue weighted by Gasteiger charge is -2.21. The van der Waals surface area contributed by atoms with Crippen molar-refractivity contribution in [1.29, 1.82) is 5.41 Å². The summed E-state index contributed by atoms with van der Waals surface area (Å²) in [6.45, 7) is 2.69. The molecule has 3 aromatic rings. The fraction of sp³-hybridized carbons (Fsp3) is 0.320. The van der Waals surface area contributed by atoms with Crippen molar-refractivity contribution in [1.82, 2.24) is 20.1 Å². The molecule has 1 aliphatic carbocycles. The van der Waals surface area contributed by atoms with Crippen LogP contribution in [0, 0.1) is 17.1 Å². The standard InChI is InChI=1S/C25H28BrFN6O2/c1-15(35-23-8-19(26)12-30-25(23)32-34)22-9-20(27)5-6-21(22)24(28)18(11-29-2)7-17-10-31-33(14-17)13-16-3-4-16/h5-6,8-12,14-16,28-29,34H,3-4,7,13H2,1-2H3,(H,30,32)/b18-11-,28-24?/t15-/m1/s1. The van der Waals surface area contributed by atoms with Crippen LogP contribution < -0.4 is 15.5 Å². The number of hydrogen-bond donors (Lipinski definition) is 4. The van der Waals surface area contributed by atoms with Gasteiger partial charge in [-0.05, 0) is 77.0 Å². The Morgan fingerprint density at radius 2 is 2.17 bits per heavy atom. The summed E-state index contributed by atoms with van der Waals surface area (Å²) in [5, 5.41) is 25.8. The zero-order chi connectivity index (χ0) is 24.9. The first-order chi connectivity index (χ1) is 16.9. The van der Waals surface area contributed by atoms with Crippen molar-refractivity contribution in [2.45, 2.75) is 38.8 Å². The summed E-state index contributed by atoms with van der Waals surface area (Å²) in [7, 11) is 1.78. The highest BCUT2D eigenvalue weighted by molar-refractivity contribution is 9.10. The molecule has 4 N–H and O–H groups in total. The molecule has 1 atom stereocenters. The number of nitrogens with zero attached hydrogens (tertiary/aromatic N) is 3. The molecular weight excluding hydrogens is 515 g/mol.